The minimum atomic E-state index is -3.66. The smallest absolute Gasteiger partial charge is 0.227 e. The molecule has 9 heteroatoms. The van der Waals surface area contributed by atoms with Crippen LogP contribution in [-0.2, 0) is 14.8 Å². The molecule has 1 saturated heterocycles. The van der Waals surface area contributed by atoms with E-state index in [9.17, 15) is 17.6 Å². The number of nitrogens with two attached hydrogens (primary N) is 2. The number of hydrogen-bond donors (Lipinski definition) is 2. The molecular formula is C11H13ClFN3O3S. The third-order valence-electron chi connectivity index (χ3n) is 3.03. The summed E-state index contributed by atoms with van der Waals surface area (Å²) >= 11 is 5.67. The summed E-state index contributed by atoms with van der Waals surface area (Å²) in [6.07, 6.45) is 0.0465. The van der Waals surface area contributed by atoms with Gasteiger partial charge in [-0.15, -0.1) is 0 Å². The lowest BCUT2D eigenvalue weighted by atomic mass is 10.1. The molecule has 1 aliphatic rings. The molecule has 2 rings (SSSR count). The number of primary sulfonamides is 1. The van der Waals surface area contributed by atoms with Crippen LogP contribution in [0.15, 0.2) is 12.1 Å². The zero-order chi connectivity index (χ0) is 15.1. The second kappa shape index (κ2) is 5.19. The molecule has 0 spiro atoms. The van der Waals surface area contributed by atoms with Crippen molar-refractivity contribution in [1.82, 2.24) is 0 Å². The standard InChI is InChI=1S/C11H13ClFN3O3S/c12-7-2-10(9(14)3-8(7)13)16-4-6(1-11(16)17)5-20(15,18)19/h2-3,6H,1,4-5,14H2,(H2,15,18,19). The predicted octanol–water partition coefficient (Wildman–Crippen LogP) is 0.703. The van der Waals surface area contributed by atoms with Gasteiger partial charge in [-0.1, -0.05) is 11.6 Å². The van der Waals surface area contributed by atoms with Gasteiger partial charge in [0.25, 0.3) is 0 Å². The molecule has 0 bridgehead atoms. The number of hydrogen-bond acceptors (Lipinski definition) is 4. The number of rotatable bonds is 3. The van der Waals surface area contributed by atoms with Gasteiger partial charge in [-0.05, 0) is 6.07 Å². The highest BCUT2D eigenvalue weighted by molar-refractivity contribution is 7.89. The molecule has 0 radical (unpaired) electrons. The highest BCUT2D eigenvalue weighted by atomic mass is 35.5. The molecule has 0 saturated carbocycles. The van der Waals surface area contributed by atoms with Crippen molar-refractivity contribution in [3.8, 4) is 0 Å². The SMILES string of the molecule is Nc1cc(F)c(Cl)cc1N1CC(CS(N)(=O)=O)CC1=O. The first-order chi connectivity index (χ1) is 9.17. The molecule has 1 amide bonds. The fourth-order valence-corrected chi connectivity index (χ4v) is 3.28. The quantitative estimate of drug-likeness (QED) is 0.799. The van der Waals surface area contributed by atoms with Crippen molar-refractivity contribution < 1.29 is 17.6 Å². The maximum Gasteiger partial charge on any atom is 0.227 e. The van der Waals surface area contributed by atoms with Crippen molar-refractivity contribution in [1.29, 1.82) is 0 Å². The number of benzene rings is 1. The number of carbonyl (C=O) groups is 1. The minimum Gasteiger partial charge on any atom is -0.397 e. The first-order valence-corrected chi connectivity index (χ1v) is 7.82. The normalized spacial score (nSPS) is 19.6. The first kappa shape index (κ1) is 15.0. The predicted molar refractivity (Wildman–Crippen MR) is 74.3 cm³/mol. The van der Waals surface area contributed by atoms with E-state index in [1.807, 2.05) is 0 Å². The van der Waals surface area contributed by atoms with E-state index >= 15 is 0 Å². The summed E-state index contributed by atoms with van der Waals surface area (Å²) in [7, 11) is -3.66. The molecule has 1 atom stereocenters. The molecule has 1 aromatic carbocycles. The fourth-order valence-electron chi connectivity index (χ4n) is 2.24. The van der Waals surface area contributed by atoms with Gasteiger partial charge in [0.15, 0.2) is 0 Å². The van der Waals surface area contributed by atoms with E-state index in [1.54, 1.807) is 0 Å². The average molecular weight is 322 g/mol. The Labute approximate surface area is 120 Å². The van der Waals surface area contributed by atoms with E-state index in [0.29, 0.717) is 0 Å². The van der Waals surface area contributed by atoms with E-state index in [2.05, 4.69) is 0 Å². The van der Waals surface area contributed by atoms with Crippen LogP contribution in [0.3, 0.4) is 0 Å². The lowest BCUT2D eigenvalue weighted by Crippen LogP contribution is -2.28. The van der Waals surface area contributed by atoms with Crippen molar-refractivity contribution >= 4 is 38.9 Å². The van der Waals surface area contributed by atoms with Gasteiger partial charge < -0.3 is 10.6 Å². The van der Waals surface area contributed by atoms with Crippen LogP contribution < -0.4 is 15.8 Å². The van der Waals surface area contributed by atoms with Crippen molar-refractivity contribution in [2.75, 3.05) is 22.9 Å². The summed E-state index contributed by atoms with van der Waals surface area (Å²) < 4.78 is 35.3. The van der Waals surface area contributed by atoms with Crippen molar-refractivity contribution in [3.63, 3.8) is 0 Å². The minimum absolute atomic E-state index is 0.0465. The zero-order valence-electron chi connectivity index (χ0n) is 10.3. The van der Waals surface area contributed by atoms with Crippen molar-refractivity contribution in [2.24, 2.45) is 11.1 Å². The van der Waals surface area contributed by atoms with E-state index < -0.39 is 21.8 Å². The maximum absolute atomic E-state index is 13.2. The molecule has 0 aliphatic carbocycles. The Morgan fingerprint density at radius 1 is 1.45 bits per heavy atom. The van der Waals surface area contributed by atoms with Crippen LogP contribution in [0.2, 0.25) is 5.02 Å². The zero-order valence-corrected chi connectivity index (χ0v) is 11.9. The first-order valence-electron chi connectivity index (χ1n) is 5.72. The van der Waals surface area contributed by atoms with Crippen molar-refractivity contribution in [3.05, 3.63) is 23.0 Å². The van der Waals surface area contributed by atoms with Crippen molar-refractivity contribution in [2.45, 2.75) is 6.42 Å². The fraction of sp³-hybridized carbons (Fsp3) is 0.364. The highest BCUT2D eigenvalue weighted by Crippen LogP contribution is 2.33. The average Bonchev–Trinajstić information content (AvgIpc) is 2.62. The maximum atomic E-state index is 13.2. The summed E-state index contributed by atoms with van der Waals surface area (Å²) in [4.78, 5) is 13.2. The number of sulfonamides is 1. The Morgan fingerprint density at radius 2 is 2.10 bits per heavy atom. The Bertz CT molecular complexity index is 665. The largest absolute Gasteiger partial charge is 0.397 e. The molecule has 20 heavy (non-hydrogen) atoms. The van der Waals surface area contributed by atoms with Gasteiger partial charge in [-0.25, -0.2) is 17.9 Å². The van der Waals surface area contributed by atoms with Crippen LogP contribution >= 0.6 is 11.6 Å². The molecule has 1 aromatic rings. The van der Waals surface area contributed by atoms with Gasteiger partial charge >= 0.3 is 0 Å². The number of amides is 1. The highest BCUT2D eigenvalue weighted by Gasteiger charge is 2.33. The Balaban J connectivity index is 2.26. The topological polar surface area (TPSA) is 106 Å². The van der Waals surface area contributed by atoms with E-state index in [4.69, 9.17) is 22.5 Å². The second-order valence-corrected chi connectivity index (χ2v) is 6.80. The molecule has 1 unspecified atom stereocenters. The van der Waals surface area contributed by atoms with Crippen LogP contribution in [0.25, 0.3) is 0 Å². The summed E-state index contributed by atoms with van der Waals surface area (Å²) in [5, 5.41) is 4.81. The summed E-state index contributed by atoms with van der Waals surface area (Å²) in [6.45, 7) is 0.154. The molecule has 1 fully saturated rings. The van der Waals surface area contributed by atoms with Gasteiger partial charge in [0.1, 0.15) is 5.82 Å². The lowest BCUT2D eigenvalue weighted by molar-refractivity contribution is -0.117. The van der Waals surface area contributed by atoms with E-state index in [-0.39, 0.29) is 41.0 Å². The van der Waals surface area contributed by atoms with Crippen LogP contribution in [0, 0.1) is 11.7 Å². The molecular weight excluding hydrogens is 309 g/mol. The van der Waals surface area contributed by atoms with Crippen LogP contribution in [0.4, 0.5) is 15.8 Å². The molecule has 1 heterocycles. The number of nitrogens with zero attached hydrogens (tertiary/aromatic N) is 1. The monoisotopic (exact) mass is 321 g/mol. The number of anilines is 2. The number of carbonyl (C=O) groups excluding carboxylic acids is 1. The third-order valence-corrected chi connectivity index (χ3v) is 4.26. The van der Waals surface area contributed by atoms with Crippen LogP contribution in [0.5, 0.6) is 0 Å². The Morgan fingerprint density at radius 3 is 2.70 bits per heavy atom. The molecule has 0 aromatic heterocycles. The summed E-state index contributed by atoms with van der Waals surface area (Å²) in [6, 6.07) is 2.28. The second-order valence-electron chi connectivity index (χ2n) is 4.73. The molecule has 110 valence electrons. The third kappa shape index (κ3) is 3.20. The number of halogens is 2. The van der Waals surface area contributed by atoms with E-state index in [0.717, 1.165) is 6.07 Å². The Kier molecular flexibility index (Phi) is 3.90. The van der Waals surface area contributed by atoms with E-state index in [1.165, 1.54) is 11.0 Å². The summed E-state index contributed by atoms with van der Waals surface area (Å²) in [5.41, 5.74) is 6.01. The lowest BCUT2D eigenvalue weighted by Gasteiger charge is -2.19. The summed E-state index contributed by atoms with van der Waals surface area (Å²) in [5.74, 6) is -1.68. The Hall–Kier alpha value is -1.38. The van der Waals surface area contributed by atoms with Gasteiger partial charge in [0, 0.05) is 24.9 Å². The number of nitrogen functional groups attached to an aromatic ring is 1. The van der Waals surface area contributed by atoms with Gasteiger partial charge in [0.2, 0.25) is 15.9 Å². The molecule has 4 N–H and O–H groups in total. The molecule has 1 aliphatic heterocycles. The molecule has 6 nitrogen and oxygen atoms in total. The van der Waals surface area contributed by atoms with Crippen LogP contribution in [-0.4, -0.2) is 26.6 Å². The van der Waals surface area contributed by atoms with Crippen LogP contribution in [0.1, 0.15) is 6.42 Å². The van der Waals surface area contributed by atoms with Gasteiger partial charge in [-0.2, -0.15) is 0 Å². The van der Waals surface area contributed by atoms with Gasteiger partial charge in [-0.3, -0.25) is 4.79 Å². The van der Waals surface area contributed by atoms with Gasteiger partial charge in [0.05, 0.1) is 22.2 Å².